The van der Waals surface area contributed by atoms with Crippen molar-refractivity contribution in [3.63, 3.8) is 0 Å². The van der Waals surface area contributed by atoms with Crippen LogP contribution < -0.4 is 5.32 Å². The van der Waals surface area contributed by atoms with Crippen molar-refractivity contribution in [2.24, 2.45) is 5.41 Å². The number of carboxylic acids is 1. The van der Waals surface area contributed by atoms with E-state index in [2.05, 4.69) is 20.5 Å². The standard InChI is InChI=1S/C13H20N4O3/c1-9(12-14-8-15-17-12)16-10(18)6-13(7-11(19)20)4-2-3-5-13/h8-9H,2-7H2,1H3,(H,16,18)(H,19,20)(H,14,15,17). The van der Waals surface area contributed by atoms with Gasteiger partial charge < -0.3 is 10.4 Å². The highest BCUT2D eigenvalue weighted by atomic mass is 16.4. The molecule has 1 aliphatic carbocycles. The summed E-state index contributed by atoms with van der Waals surface area (Å²) in [6.45, 7) is 1.82. The number of rotatable bonds is 6. The van der Waals surface area contributed by atoms with Gasteiger partial charge in [-0.3, -0.25) is 14.7 Å². The van der Waals surface area contributed by atoms with E-state index in [-0.39, 0.29) is 30.2 Å². The predicted octanol–water partition coefficient (Wildman–Crippen LogP) is 1.41. The Balaban J connectivity index is 1.93. The van der Waals surface area contributed by atoms with Crippen molar-refractivity contribution in [3.8, 4) is 0 Å². The zero-order chi connectivity index (χ0) is 14.6. The molecule has 1 aromatic rings. The van der Waals surface area contributed by atoms with E-state index in [1.807, 2.05) is 6.92 Å². The number of aromatic nitrogens is 3. The maximum atomic E-state index is 12.1. The molecule has 0 aromatic carbocycles. The van der Waals surface area contributed by atoms with E-state index >= 15 is 0 Å². The van der Waals surface area contributed by atoms with Crippen LogP contribution in [0.5, 0.6) is 0 Å². The quantitative estimate of drug-likeness (QED) is 0.730. The summed E-state index contributed by atoms with van der Waals surface area (Å²) < 4.78 is 0. The van der Waals surface area contributed by atoms with Gasteiger partial charge in [-0.2, -0.15) is 5.10 Å². The lowest BCUT2D eigenvalue weighted by molar-refractivity contribution is -0.140. The van der Waals surface area contributed by atoms with E-state index in [1.54, 1.807) is 0 Å². The first kappa shape index (κ1) is 14.5. The third-order valence-electron chi connectivity index (χ3n) is 3.95. The Morgan fingerprint density at radius 1 is 1.45 bits per heavy atom. The number of aromatic amines is 1. The van der Waals surface area contributed by atoms with Crippen molar-refractivity contribution in [2.75, 3.05) is 0 Å². The molecule has 1 atom stereocenters. The number of nitrogens with one attached hydrogen (secondary N) is 2. The lowest BCUT2D eigenvalue weighted by atomic mass is 9.79. The number of amides is 1. The highest BCUT2D eigenvalue weighted by Gasteiger charge is 2.38. The van der Waals surface area contributed by atoms with Gasteiger partial charge in [0.05, 0.1) is 12.5 Å². The third kappa shape index (κ3) is 3.55. The number of aliphatic carboxylic acids is 1. The van der Waals surface area contributed by atoms with Gasteiger partial charge in [0, 0.05) is 6.42 Å². The van der Waals surface area contributed by atoms with Gasteiger partial charge >= 0.3 is 5.97 Å². The van der Waals surface area contributed by atoms with Crippen LogP contribution in [0.3, 0.4) is 0 Å². The SMILES string of the molecule is CC(NC(=O)CC1(CC(=O)O)CCCC1)c1ncn[nH]1. The molecule has 20 heavy (non-hydrogen) atoms. The number of nitrogens with zero attached hydrogens (tertiary/aromatic N) is 2. The lowest BCUT2D eigenvalue weighted by Gasteiger charge is -2.27. The highest BCUT2D eigenvalue weighted by molar-refractivity contribution is 5.78. The van der Waals surface area contributed by atoms with Crippen molar-refractivity contribution in [3.05, 3.63) is 12.2 Å². The monoisotopic (exact) mass is 280 g/mol. The van der Waals surface area contributed by atoms with Crippen LogP contribution in [0, 0.1) is 5.41 Å². The van der Waals surface area contributed by atoms with E-state index in [0.29, 0.717) is 5.82 Å². The molecule has 0 saturated heterocycles. The van der Waals surface area contributed by atoms with Crippen LogP contribution in [0.2, 0.25) is 0 Å². The largest absolute Gasteiger partial charge is 0.481 e. The fourth-order valence-corrected chi connectivity index (χ4v) is 2.99. The summed E-state index contributed by atoms with van der Waals surface area (Å²) in [4.78, 5) is 27.1. The number of carboxylic acid groups (broad SMARTS) is 1. The van der Waals surface area contributed by atoms with Crippen LogP contribution in [0.1, 0.15) is 57.3 Å². The first-order chi connectivity index (χ1) is 9.51. The molecule has 0 radical (unpaired) electrons. The van der Waals surface area contributed by atoms with Gasteiger partial charge in [-0.15, -0.1) is 0 Å². The van der Waals surface area contributed by atoms with Gasteiger partial charge in [-0.1, -0.05) is 12.8 Å². The first-order valence-corrected chi connectivity index (χ1v) is 6.87. The minimum absolute atomic E-state index is 0.0666. The molecule has 0 bridgehead atoms. The van der Waals surface area contributed by atoms with Gasteiger partial charge in [0.25, 0.3) is 0 Å². The van der Waals surface area contributed by atoms with Gasteiger partial charge in [0.15, 0.2) is 0 Å². The van der Waals surface area contributed by atoms with E-state index < -0.39 is 5.97 Å². The molecule has 110 valence electrons. The van der Waals surface area contributed by atoms with Gasteiger partial charge in [0.1, 0.15) is 12.2 Å². The van der Waals surface area contributed by atoms with Crippen LogP contribution in [-0.4, -0.2) is 32.2 Å². The second-order valence-corrected chi connectivity index (χ2v) is 5.61. The van der Waals surface area contributed by atoms with Crippen molar-refractivity contribution >= 4 is 11.9 Å². The predicted molar refractivity (Wildman–Crippen MR) is 70.7 cm³/mol. The summed E-state index contributed by atoms with van der Waals surface area (Å²) in [6.07, 6.45) is 5.33. The number of hydrogen-bond acceptors (Lipinski definition) is 4. The average molecular weight is 280 g/mol. The average Bonchev–Trinajstić information content (AvgIpc) is 2.98. The molecule has 1 fully saturated rings. The van der Waals surface area contributed by atoms with Crippen LogP contribution in [0.15, 0.2) is 6.33 Å². The number of hydrogen-bond donors (Lipinski definition) is 3. The summed E-state index contributed by atoms with van der Waals surface area (Å²) >= 11 is 0. The molecule has 1 saturated carbocycles. The summed E-state index contributed by atoms with van der Waals surface area (Å²) in [5.74, 6) is -0.364. The minimum atomic E-state index is -0.831. The Morgan fingerprint density at radius 2 is 2.15 bits per heavy atom. The van der Waals surface area contributed by atoms with Crippen LogP contribution in [-0.2, 0) is 9.59 Å². The fourth-order valence-electron chi connectivity index (χ4n) is 2.99. The van der Waals surface area contributed by atoms with Crippen molar-refractivity contribution in [1.29, 1.82) is 0 Å². The van der Waals surface area contributed by atoms with Crippen molar-refractivity contribution in [2.45, 2.75) is 51.5 Å². The van der Waals surface area contributed by atoms with Gasteiger partial charge in [0.2, 0.25) is 5.91 Å². The molecule has 1 aromatic heterocycles. The molecule has 1 heterocycles. The normalized spacial score (nSPS) is 18.6. The van der Waals surface area contributed by atoms with Crippen molar-refractivity contribution in [1.82, 2.24) is 20.5 Å². The molecular formula is C13H20N4O3. The Kier molecular flexibility index (Phi) is 4.36. The molecule has 1 unspecified atom stereocenters. The lowest BCUT2D eigenvalue weighted by Crippen LogP contribution is -2.33. The molecule has 1 amide bonds. The van der Waals surface area contributed by atoms with E-state index in [9.17, 15) is 9.59 Å². The highest BCUT2D eigenvalue weighted by Crippen LogP contribution is 2.44. The van der Waals surface area contributed by atoms with Crippen LogP contribution >= 0.6 is 0 Å². The van der Waals surface area contributed by atoms with Crippen molar-refractivity contribution < 1.29 is 14.7 Å². The maximum Gasteiger partial charge on any atom is 0.303 e. The fraction of sp³-hybridized carbons (Fsp3) is 0.692. The van der Waals surface area contributed by atoms with Crippen LogP contribution in [0.4, 0.5) is 0 Å². The molecule has 1 aliphatic rings. The topological polar surface area (TPSA) is 108 Å². The minimum Gasteiger partial charge on any atom is -0.481 e. The first-order valence-electron chi connectivity index (χ1n) is 6.87. The zero-order valence-electron chi connectivity index (χ0n) is 11.6. The Bertz CT molecular complexity index is 466. The summed E-state index contributed by atoms with van der Waals surface area (Å²) in [5, 5.41) is 18.3. The Labute approximate surface area is 117 Å². The third-order valence-corrected chi connectivity index (χ3v) is 3.95. The second kappa shape index (κ2) is 6.02. The summed E-state index contributed by atoms with van der Waals surface area (Å²) in [6, 6.07) is -0.256. The number of carbonyl (C=O) groups is 2. The second-order valence-electron chi connectivity index (χ2n) is 5.61. The summed E-state index contributed by atoms with van der Waals surface area (Å²) in [5.41, 5.74) is -0.378. The number of H-pyrrole nitrogens is 1. The molecule has 7 nitrogen and oxygen atoms in total. The molecular weight excluding hydrogens is 260 g/mol. The molecule has 0 spiro atoms. The van der Waals surface area contributed by atoms with Crippen LogP contribution in [0.25, 0.3) is 0 Å². The number of carbonyl (C=O) groups excluding carboxylic acids is 1. The van der Waals surface area contributed by atoms with E-state index in [1.165, 1.54) is 6.33 Å². The molecule has 7 heteroatoms. The summed E-state index contributed by atoms with van der Waals surface area (Å²) in [7, 11) is 0. The van der Waals surface area contributed by atoms with E-state index in [4.69, 9.17) is 5.11 Å². The molecule has 0 aliphatic heterocycles. The Morgan fingerprint density at radius 3 is 2.70 bits per heavy atom. The van der Waals surface area contributed by atoms with E-state index in [0.717, 1.165) is 25.7 Å². The maximum absolute atomic E-state index is 12.1. The van der Waals surface area contributed by atoms with Gasteiger partial charge in [-0.25, -0.2) is 4.98 Å². The van der Waals surface area contributed by atoms with Gasteiger partial charge in [-0.05, 0) is 25.2 Å². The zero-order valence-corrected chi connectivity index (χ0v) is 11.6. The Hall–Kier alpha value is -1.92. The molecule has 2 rings (SSSR count). The molecule has 3 N–H and O–H groups in total. The smallest absolute Gasteiger partial charge is 0.303 e.